The van der Waals surface area contributed by atoms with Crippen LogP contribution in [0.3, 0.4) is 0 Å². The number of piperidine rings is 1. The van der Waals surface area contributed by atoms with Crippen molar-refractivity contribution in [3.63, 3.8) is 0 Å². The van der Waals surface area contributed by atoms with Gasteiger partial charge >= 0.3 is 12.1 Å². The molecule has 2 heterocycles. The Kier molecular flexibility index (Phi) is 11.5. The highest BCUT2D eigenvalue weighted by molar-refractivity contribution is 6.01. The molecule has 51 heavy (non-hydrogen) atoms. The van der Waals surface area contributed by atoms with Gasteiger partial charge in [0.1, 0.15) is 23.0 Å². The molecule has 2 N–H and O–H groups in total. The number of hydrogen-bond acceptors (Lipinski definition) is 6. The number of benzene rings is 3. The number of halogens is 5. The Morgan fingerprint density at radius 3 is 2.22 bits per heavy atom. The van der Waals surface area contributed by atoms with Crippen LogP contribution in [0.5, 0.6) is 11.5 Å². The van der Waals surface area contributed by atoms with Crippen molar-refractivity contribution in [2.24, 2.45) is 11.3 Å². The molecule has 278 valence electrons. The molecule has 0 spiro atoms. The van der Waals surface area contributed by atoms with E-state index < -0.39 is 54.2 Å². The van der Waals surface area contributed by atoms with Crippen molar-refractivity contribution in [3.8, 4) is 22.6 Å². The van der Waals surface area contributed by atoms with Gasteiger partial charge in [-0.3, -0.25) is 9.69 Å². The highest BCUT2D eigenvalue weighted by atomic mass is 19.4. The molecule has 0 saturated carbocycles. The second-order valence-corrected chi connectivity index (χ2v) is 13.7. The molecule has 5 rings (SSSR count). The summed E-state index contributed by atoms with van der Waals surface area (Å²) in [4.78, 5) is 29.6. The Morgan fingerprint density at radius 2 is 1.59 bits per heavy atom. The van der Waals surface area contributed by atoms with E-state index in [9.17, 15) is 36.6 Å². The molecule has 2 aliphatic rings. The number of carboxylic acids is 1. The quantitative estimate of drug-likeness (QED) is 0.203. The van der Waals surface area contributed by atoms with Gasteiger partial charge in [0.25, 0.3) is 5.92 Å². The molecule has 2 fully saturated rings. The van der Waals surface area contributed by atoms with Crippen molar-refractivity contribution >= 4 is 22.6 Å². The minimum absolute atomic E-state index is 0.0779. The topological polar surface area (TPSA) is 91.3 Å². The molecule has 2 atom stereocenters. The van der Waals surface area contributed by atoms with Gasteiger partial charge in [-0.2, -0.15) is 13.2 Å². The lowest BCUT2D eigenvalue weighted by molar-refractivity contribution is -0.233. The van der Waals surface area contributed by atoms with Gasteiger partial charge in [0, 0.05) is 37.4 Å². The number of carbonyl (C=O) groups is 2. The molecule has 3 aromatic rings. The molecule has 0 radical (unpaired) electrons. The third-order valence-electron chi connectivity index (χ3n) is 10.8. The second-order valence-electron chi connectivity index (χ2n) is 13.7. The van der Waals surface area contributed by atoms with Crippen molar-refractivity contribution in [2.75, 3.05) is 46.9 Å². The number of amides is 1. The van der Waals surface area contributed by atoms with Crippen molar-refractivity contribution in [1.29, 1.82) is 0 Å². The fourth-order valence-corrected chi connectivity index (χ4v) is 7.42. The molecule has 3 aromatic carbocycles. The van der Waals surface area contributed by atoms with E-state index in [4.69, 9.17) is 9.47 Å². The summed E-state index contributed by atoms with van der Waals surface area (Å²) in [5.74, 6) is -5.24. The first-order chi connectivity index (χ1) is 24.2. The summed E-state index contributed by atoms with van der Waals surface area (Å²) < 4.78 is 84.0. The number of methoxy groups -OCH3 is 2. The SMILES string of the molecule is CCN1CCC(C(=O)N[C@@H](Cc2cccc3c(-c4c(OC)ccc(CN5CCC(C)C(F)(F)CC5)c4OC)cccc23)C(=O)O)(C(F)(F)F)CC1. The van der Waals surface area contributed by atoms with E-state index in [2.05, 4.69) is 5.32 Å². The summed E-state index contributed by atoms with van der Waals surface area (Å²) in [6.07, 6.45) is -5.89. The molecular formula is C38H46F5N3O5. The average molecular weight is 720 g/mol. The fourth-order valence-electron chi connectivity index (χ4n) is 7.42. The largest absolute Gasteiger partial charge is 0.496 e. The molecule has 2 aliphatic heterocycles. The van der Waals surface area contributed by atoms with E-state index in [1.807, 2.05) is 34.9 Å². The van der Waals surface area contributed by atoms with Crippen LogP contribution in [0.4, 0.5) is 22.0 Å². The van der Waals surface area contributed by atoms with E-state index in [1.165, 1.54) is 14.2 Å². The number of aliphatic carboxylic acids is 1. The van der Waals surface area contributed by atoms with Crippen molar-refractivity contribution in [2.45, 2.75) is 70.6 Å². The molecular weight excluding hydrogens is 673 g/mol. The summed E-state index contributed by atoms with van der Waals surface area (Å²) in [7, 11) is 3.05. The maximum atomic E-state index is 14.5. The second kappa shape index (κ2) is 15.3. The first kappa shape index (κ1) is 38.3. The van der Waals surface area contributed by atoms with E-state index in [0.717, 1.165) is 5.56 Å². The lowest BCUT2D eigenvalue weighted by Gasteiger charge is -2.41. The Balaban J connectivity index is 1.48. The van der Waals surface area contributed by atoms with Crippen LogP contribution in [0.25, 0.3) is 21.9 Å². The predicted octanol–water partition coefficient (Wildman–Crippen LogP) is 7.17. The Labute approximate surface area is 294 Å². The van der Waals surface area contributed by atoms with Crippen molar-refractivity contribution < 1.29 is 46.1 Å². The van der Waals surface area contributed by atoms with E-state index in [1.54, 1.807) is 37.3 Å². The molecule has 0 aliphatic carbocycles. The lowest BCUT2D eigenvalue weighted by atomic mass is 9.76. The first-order valence-corrected chi connectivity index (χ1v) is 17.3. The molecule has 8 nitrogen and oxygen atoms in total. The normalized spacial score (nSPS) is 20.4. The Bertz CT molecular complexity index is 1720. The number of ether oxygens (including phenoxy) is 2. The van der Waals surface area contributed by atoms with E-state index in [0.29, 0.717) is 65.0 Å². The zero-order valence-electron chi connectivity index (χ0n) is 29.4. The van der Waals surface area contributed by atoms with Gasteiger partial charge in [0.15, 0.2) is 0 Å². The number of carbonyl (C=O) groups excluding carboxylic acids is 1. The minimum atomic E-state index is -4.85. The fraction of sp³-hybridized carbons (Fsp3) is 0.526. The lowest BCUT2D eigenvalue weighted by Crippen LogP contribution is -2.59. The van der Waals surface area contributed by atoms with E-state index in [-0.39, 0.29) is 32.5 Å². The van der Waals surface area contributed by atoms with E-state index >= 15 is 0 Å². The number of alkyl halides is 5. The highest BCUT2D eigenvalue weighted by Gasteiger charge is 2.61. The van der Waals surface area contributed by atoms with Crippen LogP contribution in [0.15, 0.2) is 48.5 Å². The van der Waals surface area contributed by atoms with Gasteiger partial charge < -0.3 is 24.8 Å². The summed E-state index contributed by atoms with van der Waals surface area (Å²) >= 11 is 0. The molecule has 1 unspecified atom stereocenters. The highest BCUT2D eigenvalue weighted by Crippen LogP contribution is 2.47. The average Bonchev–Trinajstić information content (AvgIpc) is 3.23. The minimum Gasteiger partial charge on any atom is -0.496 e. The van der Waals surface area contributed by atoms with Crippen LogP contribution in [0, 0.1) is 11.3 Å². The molecule has 2 saturated heterocycles. The molecule has 13 heteroatoms. The monoisotopic (exact) mass is 719 g/mol. The smallest absolute Gasteiger partial charge is 0.403 e. The zero-order chi connectivity index (χ0) is 37.1. The molecule has 0 aromatic heterocycles. The van der Waals surface area contributed by atoms with Gasteiger partial charge in [-0.1, -0.05) is 56.3 Å². The summed E-state index contributed by atoms with van der Waals surface area (Å²) in [6.45, 7) is 5.22. The summed E-state index contributed by atoms with van der Waals surface area (Å²) in [6, 6.07) is 12.7. The van der Waals surface area contributed by atoms with Crippen LogP contribution in [0.1, 0.15) is 50.7 Å². The maximum Gasteiger partial charge on any atom is 0.403 e. The van der Waals surface area contributed by atoms with Crippen LogP contribution in [-0.4, -0.2) is 91.9 Å². The number of nitrogens with zero attached hydrogens (tertiary/aromatic N) is 2. The molecule has 0 bridgehead atoms. The van der Waals surface area contributed by atoms with Crippen LogP contribution >= 0.6 is 0 Å². The van der Waals surface area contributed by atoms with Crippen LogP contribution in [0.2, 0.25) is 0 Å². The number of carboxylic acid groups (broad SMARTS) is 1. The third-order valence-corrected chi connectivity index (χ3v) is 10.8. The van der Waals surface area contributed by atoms with Crippen molar-refractivity contribution in [1.82, 2.24) is 15.1 Å². The van der Waals surface area contributed by atoms with Crippen LogP contribution in [-0.2, 0) is 22.6 Å². The van der Waals surface area contributed by atoms with Gasteiger partial charge in [-0.05, 0) is 73.4 Å². The number of rotatable bonds is 11. The number of fused-ring (bicyclic) bond motifs is 1. The number of likely N-dealkylation sites (tertiary alicyclic amines) is 2. The number of nitrogens with one attached hydrogen (secondary N) is 1. The maximum absolute atomic E-state index is 14.5. The number of hydrogen-bond donors (Lipinski definition) is 2. The van der Waals surface area contributed by atoms with Gasteiger partial charge in [-0.25, -0.2) is 13.6 Å². The van der Waals surface area contributed by atoms with Gasteiger partial charge in [0.05, 0.1) is 19.8 Å². The van der Waals surface area contributed by atoms with Crippen molar-refractivity contribution in [3.05, 3.63) is 59.7 Å². The van der Waals surface area contributed by atoms with Gasteiger partial charge in [-0.15, -0.1) is 0 Å². The molecule has 1 amide bonds. The summed E-state index contributed by atoms with van der Waals surface area (Å²) in [5.41, 5.74) is -0.0880. The standard InChI is InChI=1S/C38H46F5N3O5/c1-5-45-19-15-36(16-20-45,38(41,42)43)35(49)44-30(34(47)48)22-25-8-6-10-28-27(25)9-7-11-29(28)32-31(50-3)13-12-26(33(32)51-4)23-46-18-14-24(2)37(39,40)17-21-46/h6-13,24,30H,5,14-23H2,1-4H3,(H,44,49)(H,47,48)/t24?,30-/m0/s1. The third kappa shape index (κ3) is 7.79. The van der Waals surface area contributed by atoms with Gasteiger partial charge in [0.2, 0.25) is 5.91 Å². The predicted molar refractivity (Wildman–Crippen MR) is 184 cm³/mol. The Morgan fingerprint density at radius 1 is 0.922 bits per heavy atom. The first-order valence-electron chi connectivity index (χ1n) is 17.3. The Hall–Kier alpha value is -3.97. The zero-order valence-corrected chi connectivity index (χ0v) is 29.4. The summed E-state index contributed by atoms with van der Waals surface area (Å²) in [5, 5.41) is 13.7. The van der Waals surface area contributed by atoms with Crippen LogP contribution < -0.4 is 14.8 Å².